The number of carbonyl (C=O) groups is 1. The number of amides is 1. The Morgan fingerprint density at radius 2 is 1.91 bits per heavy atom. The standard InChI is InChI=1S/C27H22F2N4O2/c28-22-9-8-18(13-23(22)29)16-33-11-3-7-24(27(33)35)32-25(34)14-17-4-1-5-19(12-17)21-15-31-26-20(21)6-2-10-30-26/h1-13,21H,14-16H2,(H,30,31)(H,32,34). The van der Waals surface area contributed by atoms with Crippen molar-refractivity contribution < 1.29 is 13.6 Å². The summed E-state index contributed by atoms with van der Waals surface area (Å²) in [5.74, 6) is -1.22. The number of halogens is 2. The van der Waals surface area contributed by atoms with Gasteiger partial charge >= 0.3 is 0 Å². The summed E-state index contributed by atoms with van der Waals surface area (Å²) in [5, 5.41) is 5.99. The molecule has 0 spiro atoms. The van der Waals surface area contributed by atoms with E-state index in [4.69, 9.17) is 0 Å². The first kappa shape index (κ1) is 22.5. The molecule has 8 heteroatoms. The van der Waals surface area contributed by atoms with Gasteiger partial charge in [-0.1, -0.05) is 36.4 Å². The van der Waals surface area contributed by atoms with E-state index in [1.165, 1.54) is 22.9 Å². The fourth-order valence-corrected chi connectivity index (χ4v) is 4.34. The Bertz CT molecular complexity index is 1470. The maximum Gasteiger partial charge on any atom is 0.274 e. The van der Waals surface area contributed by atoms with Crippen LogP contribution in [0.25, 0.3) is 0 Å². The summed E-state index contributed by atoms with van der Waals surface area (Å²) in [6.07, 6.45) is 3.39. The van der Waals surface area contributed by atoms with Crippen molar-refractivity contribution in [1.82, 2.24) is 9.55 Å². The number of aromatic nitrogens is 2. The fraction of sp³-hybridized carbons (Fsp3) is 0.148. The molecule has 176 valence electrons. The molecule has 1 atom stereocenters. The van der Waals surface area contributed by atoms with Crippen LogP contribution in [0.3, 0.4) is 0 Å². The lowest BCUT2D eigenvalue weighted by molar-refractivity contribution is -0.115. The molecule has 0 bridgehead atoms. The normalized spacial score (nSPS) is 14.3. The number of nitrogens with zero attached hydrogens (tertiary/aromatic N) is 2. The van der Waals surface area contributed by atoms with Crippen molar-refractivity contribution in [1.29, 1.82) is 0 Å². The first-order valence-corrected chi connectivity index (χ1v) is 11.2. The molecule has 0 aliphatic carbocycles. The lowest BCUT2D eigenvalue weighted by atomic mass is 9.92. The molecular weight excluding hydrogens is 450 g/mol. The highest BCUT2D eigenvalue weighted by atomic mass is 19.2. The lowest BCUT2D eigenvalue weighted by Gasteiger charge is -2.13. The average Bonchev–Trinajstić information content (AvgIpc) is 3.28. The predicted molar refractivity (Wildman–Crippen MR) is 130 cm³/mol. The van der Waals surface area contributed by atoms with Crippen LogP contribution in [0, 0.1) is 11.6 Å². The third-order valence-electron chi connectivity index (χ3n) is 6.04. The highest BCUT2D eigenvalue weighted by Crippen LogP contribution is 2.34. The van der Waals surface area contributed by atoms with Gasteiger partial charge in [-0.25, -0.2) is 13.8 Å². The molecule has 0 saturated carbocycles. The van der Waals surface area contributed by atoms with Gasteiger partial charge in [0.2, 0.25) is 5.91 Å². The van der Waals surface area contributed by atoms with Crippen molar-refractivity contribution in [3.63, 3.8) is 0 Å². The van der Waals surface area contributed by atoms with Gasteiger partial charge in [0.25, 0.3) is 5.56 Å². The summed E-state index contributed by atoms with van der Waals surface area (Å²) >= 11 is 0. The largest absolute Gasteiger partial charge is 0.369 e. The molecule has 35 heavy (non-hydrogen) atoms. The SMILES string of the molecule is O=C(Cc1cccc(C2CNc3ncccc32)c1)Nc1cccn(Cc2ccc(F)c(F)c2)c1=O. The summed E-state index contributed by atoms with van der Waals surface area (Å²) in [4.78, 5) is 29.9. The van der Waals surface area contributed by atoms with Crippen molar-refractivity contribution in [3.05, 3.63) is 123 Å². The average molecular weight is 472 g/mol. The molecule has 6 nitrogen and oxygen atoms in total. The van der Waals surface area contributed by atoms with Crippen LogP contribution in [-0.4, -0.2) is 22.0 Å². The number of fused-ring (bicyclic) bond motifs is 1. The Morgan fingerprint density at radius 3 is 2.77 bits per heavy atom. The molecule has 2 N–H and O–H groups in total. The summed E-state index contributed by atoms with van der Waals surface area (Å²) in [7, 11) is 0. The molecule has 1 aliphatic rings. The van der Waals surface area contributed by atoms with Crippen LogP contribution >= 0.6 is 0 Å². The van der Waals surface area contributed by atoms with Gasteiger partial charge in [0, 0.05) is 30.4 Å². The number of nitrogens with one attached hydrogen (secondary N) is 2. The smallest absolute Gasteiger partial charge is 0.274 e. The third kappa shape index (κ3) is 4.82. The number of hydrogen-bond donors (Lipinski definition) is 2. The quantitative estimate of drug-likeness (QED) is 0.439. The minimum Gasteiger partial charge on any atom is -0.369 e. The second-order valence-electron chi connectivity index (χ2n) is 8.45. The molecule has 0 radical (unpaired) electrons. The zero-order valence-corrected chi connectivity index (χ0v) is 18.7. The molecule has 0 saturated heterocycles. The zero-order chi connectivity index (χ0) is 24.4. The molecule has 1 unspecified atom stereocenters. The van der Waals surface area contributed by atoms with E-state index in [0.717, 1.165) is 41.2 Å². The van der Waals surface area contributed by atoms with E-state index in [2.05, 4.69) is 15.6 Å². The highest BCUT2D eigenvalue weighted by molar-refractivity contribution is 5.92. The number of hydrogen-bond acceptors (Lipinski definition) is 4. The van der Waals surface area contributed by atoms with E-state index in [1.54, 1.807) is 12.3 Å². The molecule has 0 fully saturated rings. The molecule has 1 aliphatic heterocycles. The highest BCUT2D eigenvalue weighted by Gasteiger charge is 2.24. The van der Waals surface area contributed by atoms with Gasteiger partial charge in [0.05, 0.1) is 13.0 Å². The van der Waals surface area contributed by atoms with Crippen molar-refractivity contribution in [2.75, 3.05) is 17.2 Å². The fourth-order valence-electron chi connectivity index (χ4n) is 4.34. The third-order valence-corrected chi connectivity index (χ3v) is 6.04. The first-order valence-electron chi connectivity index (χ1n) is 11.2. The van der Waals surface area contributed by atoms with Crippen LogP contribution in [0.15, 0.2) is 83.9 Å². The lowest BCUT2D eigenvalue weighted by Crippen LogP contribution is -2.26. The van der Waals surface area contributed by atoms with Crippen molar-refractivity contribution in [2.24, 2.45) is 0 Å². The van der Waals surface area contributed by atoms with E-state index in [-0.39, 0.29) is 30.5 Å². The van der Waals surface area contributed by atoms with Gasteiger partial charge in [0.1, 0.15) is 11.5 Å². The molecule has 2 aromatic heterocycles. The molecular formula is C27H22F2N4O2. The minimum absolute atomic E-state index is 0.0492. The number of anilines is 2. The van der Waals surface area contributed by atoms with Crippen molar-refractivity contribution >= 4 is 17.4 Å². The number of benzene rings is 2. The Morgan fingerprint density at radius 1 is 1.03 bits per heavy atom. The monoisotopic (exact) mass is 472 g/mol. The van der Waals surface area contributed by atoms with Gasteiger partial charge in [-0.05, 0) is 47.0 Å². The number of rotatable bonds is 6. The summed E-state index contributed by atoms with van der Waals surface area (Å²) in [6.45, 7) is 0.789. The van der Waals surface area contributed by atoms with E-state index < -0.39 is 17.2 Å². The van der Waals surface area contributed by atoms with Crippen molar-refractivity contribution in [3.8, 4) is 0 Å². The second-order valence-corrected chi connectivity index (χ2v) is 8.45. The topological polar surface area (TPSA) is 76.0 Å². The Hall–Kier alpha value is -4.33. The first-order chi connectivity index (χ1) is 17.0. The van der Waals surface area contributed by atoms with E-state index in [0.29, 0.717) is 5.56 Å². The summed E-state index contributed by atoms with van der Waals surface area (Å²) in [6, 6.07) is 18.4. The van der Waals surface area contributed by atoms with E-state index >= 15 is 0 Å². The van der Waals surface area contributed by atoms with Gasteiger partial charge in [-0.2, -0.15) is 0 Å². The summed E-state index contributed by atoms with van der Waals surface area (Å²) in [5.41, 5.74) is 3.17. The Labute approximate surface area is 200 Å². The van der Waals surface area contributed by atoms with Gasteiger partial charge in [-0.15, -0.1) is 0 Å². The van der Waals surface area contributed by atoms with E-state index in [9.17, 15) is 18.4 Å². The number of carbonyl (C=O) groups excluding carboxylic acids is 1. The van der Waals surface area contributed by atoms with Crippen LogP contribution in [0.4, 0.5) is 20.3 Å². The Kier molecular flexibility index (Phi) is 6.10. The molecule has 2 aromatic carbocycles. The maximum atomic E-state index is 13.5. The zero-order valence-electron chi connectivity index (χ0n) is 18.7. The van der Waals surface area contributed by atoms with Crippen LogP contribution in [0.5, 0.6) is 0 Å². The second kappa shape index (κ2) is 9.50. The number of pyridine rings is 2. The van der Waals surface area contributed by atoms with Gasteiger partial charge in [-0.3, -0.25) is 9.59 Å². The van der Waals surface area contributed by atoms with Crippen LogP contribution in [0.1, 0.15) is 28.2 Å². The minimum atomic E-state index is -0.977. The predicted octanol–water partition coefficient (Wildman–Crippen LogP) is 4.31. The van der Waals surface area contributed by atoms with Crippen LogP contribution < -0.4 is 16.2 Å². The summed E-state index contributed by atoms with van der Waals surface area (Å²) < 4.78 is 28.0. The van der Waals surface area contributed by atoms with E-state index in [1.807, 2.05) is 36.4 Å². The van der Waals surface area contributed by atoms with Crippen LogP contribution in [0.2, 0.25) is 0 Å². The van der Waals surface area contributed by atoms with Crippen LogP contribution in [-0.2, 0) is 17.8 Å². The maximum absolute atomic E-state index is 13.5. The van der Waals surface area contributed by atoms with Gasteiger partial charge < -0.3 is 15.2 Å². The van der Waals surface area contributed by atoms with Gasteiger partial charge in [0.15, 0.2) is 11.6 Å². The molecule has 5 rings (SSSR count). The Balaban J connectivity index is 1.29. The molecule has 3 heterocycles. The van der Waals surface area contributed by atoms with Crippen molar-refractivity contribution in [2.45, 2.75) is 18.9 Å². The molecule has 1 amide bonds. The molecule has 4 aromatic rings.